The third-order valence-electron chi connectivity index (χ3n) is 3.33. The molecule has 0 amide bonds. The number of rotatable bonds is 13. The number of unbranched alkanes of at least 4 members (excludes halogenated alkanes) is 1. The monoisotopic (exact) mass is 323 g/mol. The summed E-state index contributed by atoms with van der Waals surface area (Å²) in [4.78, 5) is 2.33. The average molecular weight is 324 g/mol. The zero-order valence-electron chi connectivity index (χ0n) is 13.2. The zero-order valence-corrected chi connectivity index (χ0v) is 14.0. The molecule has 6 heteroatoms. The van der Waals surface area contributed by atoms with Gasteiger partial charge in [-0.2, -0.15) is 0 Å². The van der Waals surface area contributed by atoms with Gasteiger partial charge in [-0.1, -0.05) is 13.3 Å². The average Bonchev–Trinajstić information content (AvgIpc) is 2.53. The maximum absolute atomic E-state index is 5.81. The molecule has 1 fully saturated rings. The third-order valence-corrected chi connectivity index (χ3v) is 3.68. The first kappa shape index (κ1) is 19.1. The summed E-state index contributed by atoms with van der Waals surface area (Å²) in [6.07, 6.45) is 2.45. The fourth-order valence-corrected chi connectivity index (χ4v) is 2.25. The standard InChI is InChI=1S/C15H30ClNO4/c1-2-3-6-18-9-11-20-12-10-19-7-4-17-5-8-21-15(13-16)14-17/h15H,2-14H2,1H3. The molecule has 1 aliphatic heterocycles. The van der Waals surface area contributed by atoms with Crippen molar-refractivity contribution in [3.63, 3.8) is 0 Å². The molecular weight excluding hydrogens is 294 g/mol. The van der Waals surface area contributed by atoms with Gasteiger partial charge in [-0.25, -0.2) is 0 Å². The highest BCUT2D eigenvalue weighted by molar-refractivity contribution is 6.18. The van der Waals surface area contributed by atoms with E-state index in [4.69, 9.17) is 30.5 Å². The maximum atomic E-state index is 5.81. The molecule has 1 aliphatic rings. The van der Waals surface area contributed by atoms with Crippen LogP contribution in [0.2, 0.25) is 0 Å². The van der Waals surface area contributed by atoms with Crippen molar-refractivity contribution < 1.29 is 18.9 Å². The molecule has 0 aromatic rings. The van der Waals surface area contributed by atoms with Gasteiger partial charge in [0.2, 0.25) is 0 Å². The van der Waals surface area contributed by atoms with Crippen LogP contribution >= 0.6 is 11.6 Å². The lowest BCUT2D eigenvalue weighted by atomic mass is 10.3. The molecule has 1 atom stereocenters. The van der Waals surface area contributed by atoms with Crippen LogP contribution in [0.3, 0.4) is 0 Å². The van der Waals surface area contributed by atoms with Gasteiger partial charge in [0, 0.05) is 32.1 Å². The van der Waals surface area contributed by atoms with Crippen molar-refractivity contribution >= 4 is 11.6 Å². The predicted molar refractivity (Wildman–Crippen MR) is 84.3 cm³/mol. The summed E-state index contributed by atoms with van der Waals surface area (Å²) in [7, 11) is 0. The van der Waals surface area contributed by atoms with Gasteiger partial charge in [0.25, 0.3) is 0 Å². The molecule has 0 saturated carbocycles. The lowest BCUT2D eigenvalue weighted by Crippen LogP contribution is -2.44. The second-order valence-electron chi connectivity index (χ2n) is 5.14. The molecule has 0 aromatic carbocycles. The van der Waals surface area contributed by atoms with E-state index in [0.29, 0.717) is 32.3 Å². The maximum Gasteiger partial charge on any atom is 0.0837 e. The SMILES string of the molecule is CCCCOCCOCCOCCN1CCOC(CCl)C1. The lowest BCUT2D eigenvalue weighted by Gasteiger charge is -2.31. The second kappa shape index (κ2) is 13.7. The Morgan fingerprint density at radius 2 is 1.71 bits per heavy atom. The summed E-state index contributed by atoms with van der Waals surface area (Å²) in [6.45, 7) is 9.86. The normalized spacial score (nSPS) is 20.0. The third kappa shape index (κ3) is 10.4. The van der Waals surface area contributed by atoms with Gasteiger partial charge in [0.05, 0.1) is 45.7 Å². The first-order valence-corrected chi connectivity index (χ1v) is 8.53. The van der Waals surface area contributed by atoms with Crippen molar-refractivity contribution in [3.05, 3.63) is 0 Å². The Morgan fingerprint density at radius 3 is 2.38 bits per heavy atom. The Hall–Kier alpha value is 0.0900. The van der Waals surface area contributed by atoms with Crippen LogP contribution in [0.4, 0.5) is 0 Å². The van der Waals surface area contributed by atoms with E-state index < -0.39 is 0 Å². The zero-order chi connectivity index (χ0) is 15.2. The number of nitrogens with zero attached hydrogens (tertiary/aromatic N) is 1. The van der Waals surface area contributed by atoms with Crippen molar-refractivity contribution in [2.24, 2.45) is 0 Å². The van der Waals surface area contributed by atoms with Crippen molar-refractivity contribution in [1.82, 2.24) is 4.90 Å². The van der Waals surface area contributed by atoms with Crippen LogP contribution in [0.1, 0.15) is 19.8 Å². The Bertz CT molecular complexity index is 234. The van der Waals surface area contributed by atoms with E-state index >= 15 is 0 Å². The first-order valence-electron chi connectivity index (χ1n) is 8.00. The molecule has 1 saturated heterocycles. The molecule has 0 aliphatic carbocycles. The van der Waals surface area contributed by atoms with Gasteiger partial charge in [-0.3, -0.25) is 4.90 Å². The van der Waals surface area contributed by atoms with Crippen LogP contribution < -0.4 is 0 Å². The van der Waals surface area contributed by atoms with E-state index in [1.165, 1.54) is 6.42 Å². The number of halogens is 1. The Balaban J connectivity index is 1.80. The van der Waals surface area contributed by atoms with E-state index in [1.54, 1.807) is 0 Å². The molecule has 5 nitrogen and oxygen atoms in total. The van der Waals surface area contributed by atoms with Gasteiger partial charge >= 0.3 is 0 Å². The minimum atomic E-state index is 0.163. The Labute approximate surface area is 133 Å². The van der Waals surface area contributed by atoms with Crippen LogP contribution in [-0.2, 0) is 18.9 Å². The smallest absolute Gasteiger partial charge is 0.0837 e. The molecular formula is C15H30ClNO4. The summed E-state index contributed by atoms with van der Waals surface area (Å²) < 4.78 is 21.9. The van der Waals surface area contributed by atoms with Crippen LogP contribution in [0, 0.1) is 0 Å². The minimum absolute atomic E-state index is 0.163. The fraction of sp³-hybridized carbons (Fsp3) is 1.00. The van der Waals surface area contributed by atoms with Crippen molar-refractivity contribution in [2.75, 3.05) is 71.8 Å². The van der Waals surface area contributed by atoms with Crippen LogP contribution in [-0.4, -0.2) is 82.8 Å². The second-order valence-corrected chi connectivity index (χ2v) is 5.45. The van der Waals surface area contributed by atoms with Crippen LogP contribution in [0.25, 0.3) is 0 Å². The number of ether oxygens (including phenoxy) is 4. The summed E-state index contributed by atoms with van der Waals surface area (Å²) in [6, 6.07) is 0. The molecule has 0 N–H and O–H groups in total. The molecule has 0 bridgehead atoms. The summed E-state index contributed by atoms with van der Waals surface area (Å²) in [5.41, 5.74) is 0. The van der Waals surface area contributed by atoms with Crippen molar-refractivity contribution in [1.29, 1.82) is 0 Å². The van der Waals surface area contributed by atoms with Crippen LogP contribution in [0.15, 0.2) is 0 Å². The quantitative estimate of drug-likeness (QED) is 0.382. The van der Waals surface area contributed by atoms with Gasteiger partial charge in [0.1, 0.15) is 0 Å². The topological polar surface area (TPSA) is 40.2 Å². The molecule has 0 radical (unpaired) electrons. The summed E-state index contributed by atoms with van der Waals surface area (Å²) in [5.74, 6) is 0.561. The highest BCUT2D eigenvalue weighted by Crippen LogP contribution is 2.06. The highest BCUT2D eigenvalue weighted by Gasteiger charge is 2.18. The van der Waals surface area contributed by atoms with Crippen molar-refractivity contribution in [3.8, 4) is 0 Å². The summed E-state index contributed by atoms with van der Waals surface area (Å²) >= 11 is 5.81. The Morgan fingerprint density at radius 1 is 1.05 bits per heavy atom. The van der Waals surface area contributed by atoms with Gasteiger partial charge in [-0.05, 0) is 6.42 Å². The first-order chi connectivity index (χ1) is 10.4. The van der Waals surface area contributed by atoms with Crippen molar-refractivity contribution in [2.45, 2.75) is 25.9 Å². The Kier molecular flexibility index (Phi) is 12.5. The van der Waals surface area contributed by atoms with E-state index in [0.717, 1.165) is 45.9 Å². The summed E-state index contributed by atoms with van der Waals surface area (Å²) in [5, 5.41) is 0. The molecule has 1 rings (SSSR count). The molecule has 0 spiro atoms. The molecule has 1 heterocycles. The van der Waals surface area contributed by atoms with Crippen LogP contribution in [0.5, 0.6) is 0 Å². The van der Waals surface area contributed by atoms with E-state index in [9.17, 15) is 0 Å². The largest absolute Gasteiger partial charge is 0.379 e. The molecule has 1 unspecified atom stereocenters. The number of alkyl halides is 1. The number of morpholine rings is 1. The molecule has 0 aromatic heterocycles. The predicted octanol–water partition coefficient (Wildman–Crippen LogP) is 1.78. The van der Waals surface area contributed by atoms with Gasteiger partial charge in [0.15, 0.2) is 0 Å². The van der Waals surface area contributed by atoms with E-state index in [-0.39, 0.29) is 6.10 Å². The molecule has 126 valence electrons. The molecule has 21 heavy (non-hydrogen) atoms. The number of hydrogen-bond acceptors (Lipinski definition) is 5. The number of hydrogen-bond donors (Lipinski definition) is 0. The van der Waals surface area contributed by atoms with E-state index in [1.807, 2.05) is 0 Å². The highest BCUT2D eigenvalue weighted by atomic mass is 35.5. The van der Waals surface area contributed by atoms with E-state index in [2.05, 4.69) is 11.8 Å². The minimum Gasteiger partial charge on any atom is -0.379 e. The van der Waals surface area contributed by atoms with Gasteiger partial charge in [-0.15, -0.1) is 11.6 Å². The lowest BCUT2D eigenvalue weighted by molar-refractivity contribution is -0.0305. The fourth-order valence-electron chi connectivity index (χ4n) is 2.06. The van der Waals surface area contributed by atoms with Gasteiger partial charge < -0.3 is 18.9 Å².